The van der Waals surface area contributed by atoms with Gasteiger partial charge < -0.3 is 8.85 Å². The van der Waals surface area contributed by atoms with E-state index in [9.17, 15) is 0 Å². The average molecular weight is 130 g/mol. The first-order valence-corrected chi connectivity index (χ1v) is 4.49. The van der Waals surface area contributed by atoms with Crippen LogP contribution in [0.2, 0.25) is 6.55 Å². The molecule has 1 unspecified atom stereocenters. The summed E-state index contributed by atoms with van der Waals surface area (Å²) in [7, 11) is 0.291. The molecule has 0 spiro atoms. The molecule has 1 atom stereocenters. The van der Waals surface area contributed by atoms with Crippen LogP contribution in [0.25, 0.3) is 0 Å². The van der Waals surface area contributed by atoms with Crippen molar-refractivity contribution in [1.82, 2.24) is 0 Å². The zero-order chi connectivity index (χ0) is 6.41. The molecular formula is C5H10O2Si. The molecule has 0 aliphatic carbocycles. The fourth-order valence-corrected chi connectivity index (χ4v) is 0.701. The van der Waals surface area contributed by atoms with Gasteiger partial charge in [-0.05, 0) is 6.55 Å². The molecule has 0 fully saturated rings. The van der Waals surface area contributed by atoms with Crippen LogP contribution in [0.3, 0.4) is 0 Å². The molecule has 46 valence electrons. The Morgan fingerprint density at radius 3 is 2.75 bits per heavy atom. The molecule has 0 amide bonds. The van der Waals surface area contributed by atoms with Crippen molar-refractivity contribution in [2.45, 2.75) is 6.55 Å². The minimum Gasteiger partial charge on any atom is -0.400 e. The Bertz CT molecular complexity index is 86.9. The van der Waals surface area contributed by atoms with E-state index in [1.54, 1.807) is 7.11 Å². The zero-order valence-electron chi connectivity index (χ0n) is 5.18. The van der Waals surface area contributed by atoms with E-state index in [-0.39, 0.29) is 0 Å². The van der Waals surface area contributed by atoms with Crippen LogP contribution in [0.4, 0.5) is 0 Å². The lowest BCUT2D eigenvalue weighted by molar-refractivity contribution is 0.263. The highest BCUT2D eigenvalue weighted by molar-refractivity contribution is 6.42. The second kappa shape index (κ2) is 4.85. The minimum atomic E-state index is -1.34. The van der Waals surface area contributed by atoms with E-state index in [1.165, 1.54) is 0 Å². The van der Waals surface area contributed by atoms with E-state index in [0.29, 0.717) is 6.61 Å². The predicted molar refractivity (Wildman–Crippen MR) is 34.8 cm³/mol. The molecule has 2 nitrogen and oxygen atoms in total. The molecule has 0 aromatic heterocycles. The van der Waals surface area contributed by atoms with Crippen molar-refractivity contribution < 1.29 is 8.85 Å². The molecule has 0 saturated heterocycles. The van der Waals surface area contributed by atoms with Crippen molar-refractivity contribution in [3.05, 3.63) is 0 Å². The molecule has 0 saturated carbocycles. The highest BCUT2D eigenvalue weighted by Gasteiger charge is 1.98. The van der Waals surface area contributed by atoms with Gasteiger partial charge in [0.15, 0.2) is 0 Å². The Balaban J connectivity index is 3.01. The van der Waals surface area contributed by atoms with Crippen LogP contribution < -0.4 is 0 Å². The zero-order valence-corrected chi connectivity index (χ0v) is 6.33. The predicted octanol–water partition coefficient (Wildman–Crippen LogP) is 0.133. The van der Waals surface area contributed by atoms with Gasteiger partial charge in [-0.25, -0.2) is 0 Å². The van der Waals surface area contributed by atoms with E-state index >= 15 is 0 Å². The van der Waals surface area contributed by atoms with Crippen molar-refractivity contribution in [2.75, 3.05) is 13.7 Å². The van der Waals surface area contributed by atoms with Crippen molar-refractivity contribution in [3.8, 4) is 12.3 Å². The van der Waals surface area contributed by atoms with Crippen LogP contribution >= 0.6 is 0 Å². The monoisotopic (exact) mass is 130 g/mol. The molecule has 3 heteroatoms. The van der Waals surface area contributed by atoms with Gasteiger partial charge in [0.2, 0.25) is 0 Å². The van der Waals surface area contributed by atoms with E-state index < -0.39 is 9.28 Å². The van der Waals surface area contributed by atoms with Gasteiger partial charge in [0.25, 0.3) is 0 Å². The van der Waals surface area contributed by atoms with Gasteiger partial charge in [0.1, 0.15) is 0 Å². The number of terminal acetylenes is 1. The standard InChI is InChI=1S/C5H10O2Si/c1-4-5-7-8(3)6-2/h1,8H,5H2,2-3H3. The molecule has 0 aliphatic heterocycles. The molecule has 0 rings (SSSR count). The Morgan fingerprint density at radius 2 is 2.38 bits per heavy atom. The van der Waals surface area contributed by atoms with Crippen LogP contribution in [0.5, 0.6) is 0 Å². The molecule has 0 radical (unpaired) electrons. The van der Waals surface area contributed by atoms with Crippen LogP contribution in [0, 0.1) is 12.3 Å². The van der Waals surface area contributed by atoms with E-state index in [1.807, 2.05) is 6.55 Å². The molecule has 0 N–H and O–H groups in total. The van der Waals surface area contributed by atoms with Crippen LogP contribution in [-0.4, -0.2) is 23.0 Å². The quantitative estimate of drug-likeness (QED) is 0.399. The van der Waals surface area contributed by atoms with E-state index in [4.69, 9.17) is 15.3 Å². The Morgan fingerprint density at radius 1 is 1.75 bits per heavy atom. The molecule has 0 aromatic carbocycles. The van der Waals surface area contributed by atoms with Gasteiger partial charge in [-0.2, -0.15) is 0 Å². The summed E-state index contributed by atoms with van der Waals surface area (Å²) in [4.78, 5) is 0. The summed E-state index contributed by atoms with van der Waals surface area (Å²) >= 11 is 0. The highest BCUT2D eigenvalue weighted by Crippen LogP contribution is 1.82. The Labute approximate surface area is 51.6 Å². The third-order valence-electron chi connectivity index (χ3n) is 0.733. The molecule has 8 heavy (non-hydrogen) atoms. The lowest BCUT2D eigenvalue weighted by Gasteiger charge is -2.03. The molecular weight excluding hydrogens is 120 g/mol. The smallest absolute Gasteiger partial charge is 0.318 e. The number of hydrogen-bond acceptors (Lipinski definition) is 2. The number of rotatable bonds is 3. The van der Waals surface area contributed by atoms with Crippen molar-refractivity contribution >= 4 is 9.28 Å². The Hall–Kier alpha value is -0.303. The molecule has 0 aliphatic rings. The van der Waals surface area contributed by atoms with Gasteiger partial charge in [-0.15, -0.1) is 6.42 Å². The van der Waals surface area contributed by atoms with Gasteiger partial charge in [-0.3, -0.25) is 0 Å². The SMILES string of the molecule is C#CCO[SiH](C)OC. The maximum Gasteiger partial charge on any atom is 0.318 e. The van der Waals surface area contributed by atoms with Gasteiger partial charge >= 0.3 is 9.28 Å². The van der Waals surface area contributed by atoms with Crippen LogP contribution in [0.15, 0.2) is 0 Å². The van der Waals surface area contributed by atoms with Gasteiger partial charge in [0.05, 0.1) is 6.61 Å². The third-order valence-corrected chi connectivity index (χ3v) is 2.03. The summed E-state index contributed by atoms with van der Waals surface area (Å²) in [5, 5.41) is 0. The van der Waals surface area contributed by atoms with Crippen LogP contribution in [-0.2, 0) is 8.85 Å². The van der Waals surface area contributed by atoms with Crippen LogP contribution in [0.1, 0.15) is 0 Å². The summed E-state index contributed by atoms with van der Waals surface area (Å²) in [6.45, 7) is 2.30. The third kappa shape index (κ3) is 3.87. The summed E-state index contributed by atoms with van der Waals surface area (Å²) < 4.78 is 9.89. The summed E-state index contributed by atoms with van der Waals surface area (Å²) in [5.74, 6) is 2.37. The first-order chi connectivity index (χ1) is 3.81. The van der Waals surface area contributed by atoms with Crippen molar-refractivity contribution in [2.24, 2.45) is 0 Å². The fraction of sp³-hybridized carbons (Fsp3) is 0.600. The first kappa shape index (κ1) is 7.70. The second-order valence-electron chi connectivity index (χ2n) is 1.32. The van der Waals surface area contributed by atoms with E-state index in [2.05, 4.69) is 5.92 Å². The summed E-state index contributed by atoms with van der Waals surface area (Å²) in [6.07, 6.45) is 4.92. The number of hydrogen-bond donors (Lipinski definition) is 0. The summed E-state index contributed by atoms with van der Waals surface area (Å²) in [5.41, 5.74) is 0. The largest absolute Gasteiger partial charge is 0.400 e. The van der Waals surface area contributed by atoms with Gasteiger partial charge in [0, 0.05) is 7.11 Å². The topological polar surface area (TPSA) is 18.5 Å². The second-order valence-corrected chi connectivity index (χ2v) is 3.26. The molecule has 0 heterocycles. The highest BCUT2D eigenvalue weighted by atomic mass is 28.3. The van der Waals surface area contributed by atoms with E-state index in [0.717, 1.165) is 0 Å². The average Bonchev–Trinajstić information content (AvgIpc) is 1.83. The van der Waals surface area contributed by atoms with Crippen molar-refractivity contribution in [3.63, 3.8) is 0 Å². The summed E-state index contributed by atoms with van der Waals surface area (Å²) in [6, 6.07) is 0. The lowest BCUT2D eigenvalue weighted by atomic mass is 10.8. The minimum absolute atomic E-state index is 0.376. The normalized spacial score (nSPS) is 12.6. The van der Waals surface area contributed by atoms with Crippen molar-refractivity contribution in [1.29, 1.82) is 0 Å². The maximum atomic E-state index is 5.02. The van der Waals surface area contributed by atoms with Gasteiger partial charge in [-0.1, -0.05) is 5.92 Å². The molecule has 0 aromatic rings. The Kier molecular flexibility index (Phi) is 4.66. The first-order valence-electron chi connectivity index (χ1n) is 2.39. The lowest BCUT2D eigenvalue weighted by Crippen LogP contribution is -2.15. The molecule has 0 bridgehead atoms. The maximum absolute atomic E-state index is 5.02. The fourth-order valence-electron chi connectivity index (χ4n) is 0.234.